The minimum atomic E-state index is 0.488. The molecule has 0 unspecified atom stereocenters. The zero-order chi connectivity index (χ0) is 10.7. The molecular weight excluding hydrogens is 190 g/mol. The summed E-state index contributed by atoms with van der Waals surface area (Å²) in [4.78, 5) is 4.38. The SMILES string of the molecule is COCc1nc(C2=C=C=CCC2)oc1C. The molecule has 0 amide bonds. The topological polar surface area (TPSA) is 35.3 Å². The first kappa shape index (κ1) is 10.0. The third-order valence-corrected chi connectivity index (χ3v) is 2.30. The Kier molecular flexibility index (Phi) is 2.89. The highest BCUT2D eigenvalue weighted by molar-refractivity contribution is 5.59. The second-order valence-electron chi connectivity index (χ2n) is 3.45. The molecule has 0 aromatic carbocycles. The molecule has 1 aliphatic carbocycles. The zero-order valence-electron chi connectivity index (χ0n) is 8.96. The van der Waals surface area contributed by atoms with E-state index < -0.39 is 0 Å². The van der Waals surface area contributed by atoms with E-state index >= 15 is 0 Å². The van der Waals surface area contributed by atoms with Crippen LogP contribution in [0, 0.1) is 6.92 Å². The predicted molar refractivity (Wildman–Crippen MR) is 56.2 cm³/mol. The van der Waals surface area contributed by atoms with Crippen LogP contribution in [0.3, 0.4) is 0 Å². The summed E-state index contributed by atoms with van der Waals surface area (Å²) < 4.78 is 10.6. The van der Waals surface area contributed by atoms with E-state index in [2.05, 4.69) is 16.4 Å². The summed E-state index contributed by atoms with van der Waals surface area (Å²) in [5.41, 5.74) is 7.83. The summed E-state index contributed by atoms with van der Waals surface area (Å²) in [7, 11) is 1.65. The molecule has 0 saturated carbocycles. The van der Waals surface area contributed by atoms with Gasteiger partial charge in [-0.05, 0) is 25.8 Å². The van der Waals surface area contributed by atoms with Crippen LogP contribution < -0.4 is 0 Å². The Labute approximate surface area is 88.8 Å². The lowest BCUT2D eigenvalue weighted by Gasteiger charge is -1.98. The van der Waals surface area contributed by atoms with Gasteiger partial charge in [-0.25, -0.2) is 4.98 Å². The van der Waals surface area contributed by atoms with Crippen LogP contribution in [-0.2, 0) is 11.3 Å². The standard InChI is InChI=1S/C12H13NO2/c1-9-11(8-14-2)13-12(15-9)10-6-4-3-5-7-10/h3H,4,6,8H2,1-2H3. The second kappa shape index (κ2) is 4.33. The fourth-order valence-corrected chi connectivity index (χ4v) is 1.48. The van der Waals surface area contributed by atoms with E-state index in [1.54, 1.807) is 7.11 Å². The lowest BCUT2D eigenvalue weighted by Crippen LogP contribution is -1.91. The number of ether oxygens (including phenoxy) is 1. The lowest BCUT2D eigenvalue weighted by molar-refractivity contribution is 0.180. The average Bonchev–Trinajstić information content (AvgIpc) is 2.63. The molecule has 3 nitrogen and oxygen atoms in total. The number of hydrogen-bond donors (Lipinski definition) is 0. The summed E-state index contributed by atoms with van der Waals surface area (Å²) in [6, 6.07) is 0. The van der Waals surface area contributed by atoms with Gasteiger partial charge in [-0.3, -0.25) is 0 Å². The van der Waals surface area contributed by atoms with E-state index in [-0.39, 0.29) is 0 Å². The second-order valence-corrected chi connectivity index (χ2v) is 3.45. The van der Waals surface area contributed by atoms with E-state index in [1.807, 2.05) is 13.0 Å². The van der Waals surface area contributed by atoms with E-state index in [9.17, 15) is 0 Å². The molecule has 78 valence electrons. The van der Waals surface area contributed by atoms with Crippen molar-refractivity contribution in [3.05, 3.63) is 34.9 Å². The fourth-order valence-electron chi connectivity index (χ4n) is 1.48. The number of hydrogen-bond acceptors (Lipinski definition) is 3. The van der Waals surface area contributed by atoms with E-state index in [1.165, 1.54) is 0 Å². The van der Waals surface area contributed by atoms with Crippen molar-refractivity contribution in [1.29, 1.82) is 0 Å². The first-order chi connectivity index (χ1) is 7.31. The van der Waals surface area contributed by atoms with Crippen LogP contribution in [-0.4, -0.2) is 12.1 Å². The maximum Gasteiger partial charge on any atom is 0.231 e. The van der Waals surface area contributed by atoms with Crippen molar-refractivity contribution in [3.8, 4) is 0 Å². The van der Waals surface area contributed by atoms with Gasteiger partial charge in [-0.2, -0.15) is 0 Å². The van der Waals surface area contributed by atoms with E-state index in [4.69, 9.17) is 9.15 Å². The minimum Gasteiger partial charge on any atom is -0.441 e. The van der Waals surface area contributed by atoms with Crippen molar-refractivity contribution in [2.75, 3.05) is 7.11 Å². The van der Waals surface area contributed by atoms with Crippen LogP contribution in [0.2, 0.25) is 0 Å². The van der Waals surface area contributed by atoms with Gasteiger partial charge in [-0.15, -0.1) is 0 Å². The van der Waals surface area contributed by atoms with Gasteiger partial charge in [0.25, 0.3) is 0 Å². The molecule has 2 rings (SSSR count). The van der Waals surface area contributed by atoms with Gasteiger partial charge < -0.3 is 9.15 Å². The Morgan fingerprint density at radius 2 is 2.47 bits per heavy atom. The molecule has 0 fully saturated rings. The normalized spacial score (nSPS) is 14.4. The maximum absolute atomic E-state index is 5.56. The number of methoxy groups -OCH3 is 1. The molecule has 0 N–H and O–H groups in total. The predicted octanol–water partition coefficient (Wildman–Crippen LogP) is 2.62. The highest BCUT2D eigenvalue weighted by Gasteiger charge is 2.13. The van der Waals surface area contributed by atoms with Gasteiger partial charge in [0.15, 0.2) is 0 Å². The minimum absolute atomic E-state index is 0.488. The van der Waals surface area contributed by atoms with Crippen LogP contribution in [0.15, 0.2) is 22.0 Å². The van der Waals surface area contributed by atoms with Gasteiger partial charge in [-0.1, -0.05) is 11.5 Å². The van der Waals surface area contributed by atoms with Crippen molar-refractivity contribution in [1.82, 2.24) is 4.98 Å². The molecule has 0 spiro atoms. The molecule has 0 bridgehead atoms. The van der Waals surface area contributed by atoms with Crippen LogP contribution in [0.25, 0.3) is 5.57 Å². The molecule has 1 aromatic rings. The average molecular weight is 203 g/mol. The van der Waals surface area contributed by atoms with Crippen LogP contribution in [0.5, 0.6) is 0 Å². The Morgan fingerprint density at radius 3 is 3.13 bits per heavy atom. The van der Waals surface area contributed by atoms with E-state index in [0.29, 0.717) is 12.5 Å². The smallest absolute Gasteiger partial charge is 0.231 e. The Morgan fingerprint density at radius 1 is 1.60 bits per heavy atom. The summed E-state index contributed by atoms with van der Waals surface area (Å²) in [6.07, 6.45) is 3.86. The third-order valence-electron chi connectivity index (χ3n) is 2.30. The first-order valence-corrected chi connectivity index (χ1v) is 4.96. The highest BCUT2D eigenvalue weighted by Crippen LogP contribution is 2.22. The molecule has 0 radical (unpaired) electrons. The highest BCUT2D eigenvalue weighted by atomic mass is 16.5. The summed E-state index contributed by atoms with van der Waals surface area (Å²) in [6.45, 7) is 2.38. The van der Waals surface area contributed by atoms with Gasteiger partial charge in [0.1, 0.15) is 11.5 Å². The van der Waals surface area contributed by atoms with Gasteiger partial charge in [0.2, 0.25) is 5.89 Å². The van der Waals surface area contributed by atoms with Gasteiger partial charge >= 0.3 is 0 Å². The number of aromatic nitrogens is 1. The third kappa shape index (κ3) is 2.11. The first-order valence-electron chi connectivity index (χ1n) is 4.96. The van der Waals surface area contributed by atoms with Crippen molar-refractivity contribution in [2.45, 2.75) is 26.4 Å². The van der Waals surface area contributed by atoms with Crippen molar-refractivity contribution < 1.29 is 9.15 Å². The zero-order valence-corrected chi connectivity index (χ0v) is 8.96. The molecule has 1 heterocycles. The van der Waals surface area contributed by atoms with Crippen LogP contribution >= 0.6 is 0 Å². The molecular formula is C12H13NO2. The molecule has 1 aliphatic rings. The number of oxazole rings is 1. The van der Waals surface area contributed by atoms with Crippen molar-refractivity contribution in [2.24, 2.45) is 0 Å². The monoisotopic (exact) mass is 203 g/mol. The number of allylic oxidation sites excluding steroid dienone is 2. The Balaban J connectivity index is 2.34. The molecule has 0 saturated heterocycles. The molecule has 1 aromatic heterocycles. The van der Waals surface area contributed by atoms with Gasteiger partial charge in [0, 0.05) is 7.11 Å². The molecule has 15 heavy (non-hydrogen) atoms. The molecule has 3 heteroatoms. The largest absolute Gasteiger partial charge is 0.441 e. The molecule has 0 aliphatic heterocycles. The summed E-state index contributed by atoms with van der Waals surface area (Å²) in [5.74, 6) is 1.47. The van der Waals surface area contributed by atoms with Crippen molar-refractivity contribution in [3.63, 3.8) is 0 Å². The molecule has 0 atom stereocenters. The van der Waals surface area contributed by atoms with Crippen molar-refractivity contribution >= 4 is 5.57 Å². The fraction of sp³-hybridized carbons (Fsp3) is 0.417. The quantitative estimate of drug-likeness (QED) is 0.708. The van der Waals surface area contributed by atoms with E-state index in [0.717, 1.165) is 29.9 Å². The maximum atomic E-state index is 5.56. The summed E-state index contributed by atoms with van der Waals surface area (Å²) in [5, 5.41) is 0. The number of nitrogens with zero attached hydrogens (tertiary/aromatic N) is 1. The lowest BCUT2D eigenvalue weighted by atomic mass is 10.1. The van der Waals surface area contributed by atoms with Crippen LogP contribution in [0.4, 0.5) is 0 Å². The van der Waals surface area contributed by atoms with Crippen LogP contribution in [0.1, 0.15) is 30.2 Å². The summed E-state index contributed by atoms with van der Waals surface area (Å²) >= 11 is 0. The number of rotatable bonds is 3. The Bertz CT molecular complexity index is 458. The number of aryl methyl sites for hydroxylation is 1. The Hall–Kier alpha value is -1.53. The van der Waals surface area contributed by atoms with Gasteiger partial charge in [0.05, 0.1) is 12.2 Å².